The van der Waals surface area contributed by atoms with Gasteiger partial charge in [-0.05, 0) is 44.0 Å². The van der Waals surface area contributed by atoms with E-state index in [4.69, 9.17) is 16.3 Å². The van der Waals surface area contributed by atoms with Gasteiger partial charge in [-0.2, -0.15) is 0 Å². The summed E-state index contributed by atoms with van der Waals surface area (Å²) < 4.78 is 6.05. The van der Waals surface area contributed by atoms with Crippen LogP contribution in [0.3, 0.4) is 0 Å². The lowest BCUT2D eigenvalue weighted by Gasteiger charge is -2.44. The van der Waals surface area contributed by atoms with Crippen LogP contribution in [0.25, 0.3) is 0 Å². The number of rotatable bonds is 2. The van der Waals surface area contributed by atoms with Gasteiger partial charge >= 0.3 is 0 Å². The van der Waals surface area contributed by atoms with E-state index in [1.165, 1.54) is 25.9 Å². The van der Waals surface area contributed by atoms with Crippen LogP contribution < -0.4 is 4.74 Å². The lowest BCUT2D eigenvalue weighted by Crippen LogP contribution is -2.52. The number of ether oxygens (including phenoxy) is 1. The predicted molar refractivity (Wildman–Crippen MR) is 65.0 cm³/mol. The molecule has 3 aliphatic heterocycles. The number of nitrogens with zero attached hydrogens (tertiary/aromatic N) is 1. The first kappa shape index (κ1) is 10.4. The van der Waals surface area contributed by atoms with Crippen molar-refractivity contribution in [1.82, 2.24) is 4.90 Å². The minimum atomic E-state index is 0.336. The second-order valence-corrected chi connectivity index (χ2v) is 5.13. The second-order valence-electron chi connectivity index (χ2n) is 4.72. The van der Waals surface area contributed by atoms with E-state index in [0.29, 0.717) is 6.10 Å². The van der Waals surface area contributed by atoms with Gasteiger partial charge in [-0.3, -0.25) is 4.90 Å². The molecule has 0 aromatic heterocycles. The van der Waals surface area contributed by atoms with Gasteiger partial charge in [-0.1, -0.05) is 23.7 Å². The molecule has 0 radical (unpaired) electrons. The van der Waals surface area contributed by atoms with E-state index in [1.807, 2.05) is 24.3 Å². The van der Waals surface area contributed by atoms with Crippen LogP contribution in [-0.2, 0) is 0 Å². The minimum Gasteiger partial charge on any atom is -0.487 e. The quantitative estimate of drug-likeness (QED) is 0.784. The fourth-order valence-electron chi connectivity index (χ4n) is 2.75. The van der Waals surface area contributed by atoms with Crippen LogP contribution in [-0.4, -0.2) is 30.6 Å². The number of halogens is 1. The molecule has 3 fully saturated rings. The Bertz CT molecular complexity index is 374. The van der Waals surface area contributed by atoms with Crippen LogP contribution in [0.4, 0.5) is 0 Å². The summed E-state index contributed by atoms with van der Waals surface area (Å²) in [5, 5.41) is 0.721. The van der Waals surface area contributed by atoms with Crippen molar-refractivity contribution in [2.75, 3.05) is 19.6 Å². The Morgan fingerprint density at radius 2 is 1.94 bits per heavy atom. The predicted octanol–water partition coefficient (Wildman–Crippen LogP) is 2.81. The van der Waals surface area contributed by atoms with Gasteiger partial charge in [-0.15, -0.1) is 0 Å². The Hall–Kier alpha value is -0.730. The first-order valence-electron chi connectivity index (χ1n) is 5.96. The second kappa shape index (κ2) is 4.27. The zero-order valence-corrected chi connectivity index (χ0v) is 9.99. The van der Waals surface area contributed by atoms with Crippen LogP contribution in [0.15, 0.2) is 24.3 Å². The summed E-state index contributed by atoms with van der Waals surface area (Å²) in [6.07, 6.45) is 2.88. The van der Waals surface area contributed by atoms with E-state index >= 15 is 0 Å². The number of para-hydroxylation sites is 1. The SMILES string of the molecule is Clc1ccccc1OC1CN2CCC1CC2. The van der Waals surface area contributed by atoms with Crippen LogP contribution in [0.5, 0.6) is 5.75 Å². The molecule has 0 spiro atoms. The standard InChI is InChI=1S/C13H16ClNO/c14-11-3-1-2-4-12(11)16-13-9-15-7-5-10(13)6-8-15/h1-4,10,13H,5-9H2. The summed E-state index contributed by atoms with van der Waals surface area (Å²) in [4.78, 5) is 2.49. The first-order chi connectivity index (χ1) is 7.83. The van der Waals surface area contributed by atoms with Gasteiger partial charge in [0.2, 0.25) is 0 Å². The lowest BCUT2D eigenvalue weighted by atomic mass is 9.86. The molecule has 0 amide bonds. The number of fused-ring (bicyclic) bond motifs is 3. The van der Waals surface area contributed by atoms with Crippen molar-refractivity contribution in [3.05, 3.63) is 29.3 Å². The van der Waals surface area contributed by atoms with E-state index in [9.17, 15) is 0 Å². The molecule has 4 rings (SSSR count). The van der Waals surface area contributed by atoms with E-state index in [-0.39, 0.29) is 0 Å². The molecule has 0 aliphatic carbocycles. The number of benzene rings is 1. The third-order valence-electron chi connectivity index (χ3n) is 3.71. The summed E-state index contributed by atoms with van der Waals surface area (Å²) in [6, 6.07) is 7.76. The maximum absolute atomic E-state index is 6.11. The maximum atomic E-state index is 6.11. The van der Waals surface area contributed by atoms with Gasteiger partial charge in [-0.25, -0.2) is 0 Å². The van der Waals surface area contributed by atoms with Crippen molar-refractivity contribution in [2.45, 2.75) is 18.9 Å². The Kier molecular flexibility index (Phi) is 2.78. The Balaban J connectivity index is 1.73. The van der Waals surface area contributed by atoms with Gasteiger partial charge in [0.05, 0.1) is 5.02 Å². The fourth-order valence-corrected chi connectivity index (χ4v) is 2.93. The number of piperidine rings is 3. The summed E-state index contributed by atoms with van der Waals surface area (Å²) in [6.45, 7) is 3.55. The third-order valence-corrected chi connectivity index (χ3v) is 4.02. The largest absolute Gasteiger partial charge is 0.487 e. The van der Waals surface area contributed by atoms with Gasteiger partial charge in [0.15, 0.2) is 0 Å². The fraction of sp³-hybridized carbons (Fsp3) is 0.538. The van der Waals surface area contributed by atoms with Crippen LogP contribution >= 0.6 is 11.6 Å². The molecule has 0 N–H and O–H groups in total. The van der Waals surface area contributed by atoms with Crippen LogP contribution in [0, 0.1) is 5.92 Å². The molecule has 3 aliphatic rings. The van der Waals surface area contributed by atoms with Crippen molar-refractivity contribution in [2.24, 2.45) is 5.92 Å². The highest BCUT2D eigenvalue weighted by Gasteiger charge is 2.35. The first-order valence-corrected chi connectivity index (χ1v) is 6.34. The highest BCUT2D eigenvalue weighted by atomic mass is 35.5. The van der Waals surface area contributed by atoms with E-state index < -0.39 is 0 Å². The molecule has 1 unspecified atom stereocenters. The average Bonchev–Trinajstić information content (AvgIpc) is 2.34. The van der Waals surface area contributed by atoms with E-state index in [0.717, 1.165) is 23.2 Å². The molecule has 3 heterocycles. The minimum absolute atomic E-state index is 0.336. The summed E-state index contributed by atoms with van der Waals surface area (Å²) in [5.41, 5.74) is 0. The summed E-state index contributed by atoms with van der Waals surface area (Å²) in [5.74, 6) is 1.56. The monoisotopic (exact) mass is 237 g/mol. The Labute approximate surface area is 101 Å². The molecule has 2 bridgehead atoms. The highest BCUT2D eigenvalue weighted by Crippen LogP contribution is 2.32. The Morgan fingerprint density at radius 1 is 1.19 bits per heavy atom. The third kappa shape index (κ3) is 1.92. The van der Waals surface area contributed by atoms with Crippen molar-refractivity contribution in [3.8, 4) is 5.75 Å². The molecule has 1 aromatic rings. The highest BCUT2D eigenvalue weighted by molar-refractivity contribution is 6.32. The van der Waals surface area contributed by atoms with Crippen molar-refractivity contribution in [1.29, 1.82) is 0 Å². The molecule has 2 nitrogen and oxygen atoms in total. The smallest absolute Gasteiger partial charge is 0.138 e. The zero-order chi connectivity index (χ0) is 11.0. The molecule has 1 aromatic carbocycles. The van der Waals surface area contributed by atoms with Crippen molar-refractivity contribution < 1.29 is 4.74 Å². The van der Waals surface area contributed by atoms with Crippen molar-refractivity contribution >= 4 is 11.6 Å². The van der Waals surface area contributed by atoms with Gasteiger partial charge in [0.1, 0.15) is 11.9 Å². The van der Waals surface area contributed by atoms with Gasteiger partial charge in [0.25, 0.3) is 0 Å². The topological polar surface area (TPSA) is 12.5 Å². The average molecular weight is 238 g/mol. The van der Waals surface area contributed by atoms with Crippen LogP contribution in [0.2, 0.25) is 5.02 Å². The Morgan fingerprint density at radius 3 is 2.56 bits per heavy atom. The van der Waals surface area contributed by atoms with Crippen molar-refractivity contribution in [3.63, 3.8) is 0 Å². The summed E-state index contributed by atoms with van der Waals surface area (Å²) in [7, 11) is 0. The molecule has 3 saturated heterocycles. The molecule has 16 heavy (non-hydrogen) atoms. The molecular formula is C13H16ClNO. The molecule has 86 valence electrons. The molecule has 1 atom stereocenters. The molecular weight excluding hydrogens is 222 g/mol. The summed E-state index contributed by atoms with van der Waals surface area (Å²) >= 11 is 6.11. The molecule has 0 saturated carbocycles. The van der Waals surface area contributed by atoms with Gasteiger partial charge in [0, 0.05) is 6.54 Å². The number of hydrogen-bond acceptors (Lipinski definition) is 2. The van der Waals surface area contributed by atoms with E-state index in [1.54, 1.807) is 0 Å². The van der Waals surface area contributed by atoms with E-state index in [2.05, 4.69) is 4.90 Å². The normalized spacial score (nSPS) is 32.7. The maximum Gasteiger partial charge on any atom is 0.138 e. The zero-order valence-electron chi connectivity index (χ0n) is 9.23. The number of hydrogen-bond donors (Lipinski definition) is 0. The lowest BCUT2D eigenvalue weighted by molar-refractivity contribution is -0.00770. The van der Waals surface area contributed by atoms with Crippen LogP contribution in [0.1, 0.15) is 12.8 Å². The molecule has 3 heteroatoms. The van der Waals surface area contributed by atoms with Gasteiger partial charge < -0.3 is 4.74 Å².